The van der Waals surface area contributed by atoms with E-state index in [1.54, 1.807) is 14.7 Å². The molecule has 3 aromatic carbocycles. The fourth-order valence-electron chi connectivity index (χ4n) is 7.85. The molecule has 2 fully saturated rings. The van der Waals surface area contributed by atoms with Crippen LogP contribution in [0, 0.1) is 11.8 Å². The van der Waals surface area contributed by atoms with Gasteiger partial charge in [-0.15, -0.1) is 0 Å². The summed E-state index contributed by atoms with van der Waals surface area (Å²) in [7, 11) is 0. The number of anilines is 2. The summed E-state index contributed by atoms with van der Waals surface area (Å²) in [6.45, 7) is 5.18. The fourth-order valence-corrected chi connectivity index (χ4v) is 7.85. The second kappa shape index (κ2) is 11.7. The summed E-state index contributed by atoms with van der Waals surface area (Å²) in [4.78, 5) is 49.0. The van der Waals surface area contributed by atoms with Crippen LogP contribution in [0.25, 0.3) is 10.8 Å². The second-order valence-corrected chi connectivity index (χ2v) is 12.6. The molecular weight excluding hydrogens is 582 g/mol. The van der Waals surface area contributed by atoms with Gasteiger partial charge in [-0.3, -0.25) is 14.4 Å². The van der Waals surface area contributed by atoms with Gasteiger partial charge < -0.3 is 29.3 Å². The van der Waals surface area contributed by atoms with Gasteiger partial charge in [0, 0.05) is 37.6 Å². The minimum absolute atomic E-state index is 0.0180. The lowest BCUT2D eigenvalue weighted by Crippen LogP contribution is -2.56. The molecule has 4 heterocycles. The number of fused-ring (bicyclic) bond motifs is 3. The first-order chi connectivity index (χ1) is 22.3. The van der Waals surface area contributed by atoms with Gasteiger partial charge in [-0.05, 0) is 73.9 Å². The van der Waals surface area contributed by atoms with E-state index >= 15 is 0 Å². The predicted octanol–water partition coefficient (Wildman–Crippen LogP) is 4.49. The van der Waals surface area contributed by atoms with E-state index in [0.717, 1.165) is 16.5 Å². The number of nitrogens with zero attached hydrogens (tertiary/aromatic N) is 3. The zero-order valence-electron chi connectivity index (χ0n) is 26.2. The van der Waals surface area contributed by atoms with E-state index in [9.17, 15) is 19.5 Å². The van der Waals surface area contributed by atoms with Crippen LogP contribution in [0.4, 0.5) is 11.4 Å². The van der Waals surface area contributed by atoms with Crippen LogP contribution in [-0.2, 0) is 19.1 Å². The first-order valence-electron chi connectivity index (χ1n) is 16.1. The van der Waals surface area contributed by atoms with Crippen LogP contribution in [-0.4, -0.2) is 77.8 Å². The van der Waals surface area contributed by atoms with Crippen LogP contribution >= 0.6 is 0 Å². The molecule has 5 atom stereocenters. The quantitative estimate of drug-likeness (QED) is 0.294. The molecule has 3 amide bonds. The highest BCUT2D eigenvalue weighted by Crippen LogP contribution is 2.57. The number of aliphatic hydroxyl groups excluding tert-OH is 1. The largest absolute Gasteiger partial charge is 0.494 e. The molecule has 1 N–H and O–H groups in total. The van der Waals surface area contributed by atoms with Crippen molar-refractivity contribution in [2.45, 2.75) is 43.9 Å². The van der Waals surface area contributed by atoms with E-state index in [1.165, 1.54) is 0 Å². The molecule has 9 heteroatoms. The van der Waals surface area contributed by atoms with Crippen molar-refractivity contribution in [2.24, 2.45) is 11.8 Å². The number of ether oxygens (including phenoxy) is 2. The Balaban J connectivity index is 1.29. The van der Waals surface area contributed by atoms with Gasteiger partial charge in [-0.2, -0.15) is 0 Å². The van der Waals surface area contributed by atoms with Gasteiger partial charge in [0.05, 0.1) is 24.0 Å². The molecule has 0 aliphatic carbocycles. The number of aliphatic hydroxyl groups is 1. The van der Waals surface area contributed by atoms with Crippen LogP contribution < -0.4 is 14.5 Å². The standard InChI is InChI=1S/C37H39N3O6/c1-3-45-29-16-14-27(15-17-29)38-21-8-18-36(2)30(33(38)42)31-34(43)40(20-6-7-23-41)32-35(44)39(22-9-19-37(31,32)46-36)28-13-12-25-10-4-5-11-26(25)24-28/h4-5,8-19,24,30-32,41H,3,6-7,20-23H2,1-2H3/t30-,31-,32?,36+,37-/m0/s1. The molecule has 238 valence electrons. The Hall–Kier alpha value is -4.47. The molecule has 0 aromatic heterocycles. The van der Waals surface area contributed by atoms with E-state index < -0.39 is 29.1 Å². The average Bonchev–Trinajstić information content (AvgIpc) is 3.32. The van der Waals surface area contributed by atoms with Gasteiger partial charge in [-0.25, -0.2) is 0 Å². The molecule has 2 saturated heterocycles. The van der Waals surface area contributed by atoms with Crippen LogP contribution in [0.3, 0.4) is 0 Å². The van der Waals surface area contributed by atoms with Gasteiger partial charge in [0.1, 0.15) is 17.4 Å². The molecule has 4 aliphatic heterocycles. The number of hydrogen-bond donors (Lipinski definition) is 1. The highest BCUT2D eigenvalue weighted by Gasteiger charge is 2.74. The summed E-state index contributed by atoms with van der Waals surface area (Å²) in [5.74, 6) is -1.80. The summed E-state index contributed by atoms with van der Waals surface area (Å²) < 4.78 is 12.6. The van der Waals surface area contributed by atoms with Crippen LogP contribution in [0.15, 0.2) is 91.0 Å². The lowest BCUT2D eigenvalue weighted by molar-refractivity contribution is -0.144. The number of rotatable bonds is 8. The Labute approximate surface area is 268 Å². The average molecular weight is 622 g/mol. The number of carbonyl (C=O) groups excluding carboxylic acids is 3. The smallest absolute Gasteiger partial charge is 0.253 e. The van der Waals surface area contributed by atoms with Gasteiger partial charge in [0.15, 0.2) is 0 Å². The van der Waals surface area contributed by atoms with Crippen LogP contribution in [0.1, 0.15) is 26.7 Å². The molecule has 9 nitrogen and oxygen atoms in total. The molecule has 1 spiro atoms. The Morgan fingerprint density at radius 1 is 0.826 bits per heavy atom. The van der Waals surface area contributed by atoms with Gasteiger partial charge in [0.25, 0.3) is 5.91 Å². The summed E-state index contributed by atoms with van der Waals surface area (Å²) >= 11 is 0. The Morgan fingerprint density at radius 3 is 2.26 bits per heavy atom. The van der Waals surface area contributed by atoms with Crippen molar-refractivity contribution < 1.29 is 29.0 Å². The van der Waals surface area contributed by atoms with Gasteiger partial charge >= 0.3 is 0 Å². The molecule has 46 heavy (non-hydrogen) atoms. The van der Waals surface area contributed by atoms with Crippen LogP contribution in [0.2, 0.25) is 0 Å². The third kappa shape index (κ3) is 4.72. The van der Waals surface area contributed by atoms with Gasteiger partial charge in [-0.1, -0.05) is 54.6 Å². The SMILES string of the molecule is CCOc1ccc(N2CC=C[C@@]3(C)O[C@]45C=CCN(c6ccc7ccccc7c6)C(=O)C4N(CCCCO)C(=O)[C@@H]5[C@H]3C2=O)cc1. The van der Waals surface area contributed by atoms with E-state index in [2.05, 4.69) is 0 Å². The molecule has 0 saturated carbocycles. The number of unbranched alkanes of at least 4 members (excludes halogenated alkanes) is 1. The zero-order chi connectivity index (χ0) is 32.1. The summed E-state index contributed by atoms with van der Waals surface area (Å²) in [6.07, 6.45) is 8.57. The van der Waals surface area contributed by atoms with Gasteiger partial charge in [0.2, 0.25) is 11.8 Å². The fraction of sp³-hybridized carbons (Fsp3) is 0.378. The molecule has 4 aliphatic rings. The van der Waals surface area contributed by atoms with Crippen molar-refractivity contribution in [1.29, 1.82) is 0 Å². The normalized spacial score (nSPS) is 28.7. The molecule has 3 aromatic rings. The molecule has 7 rings (SSSR count). The Bertz CT molecular complexity index is 1740. The molecule has 0 bridgehead atoms. The summed E-state index contributed by atoms with van der Waals surface area (Å²) in [6, 6.07) is 20.3. The van der Waals surface area contributed by atoms with E-state index in [4.69, 9.17) is 9.47 Å². The number of hydrogen-bond acceptors (Lipinski definition) is 6. The van der Waals surface area contributed by atoms with Crippen molar-refractivity contribution in [3.63, 3.8) is 0 Å². The minimum atomic E-state index is -1.35. The monoisotopic (exact) mass is 621 g/mol. The zero-order valence-corrected chi connectivity index (χ0v) is 26.2. The van der Waals surface area contributed by atoms with Crippen LogP contribution in [0.5, 0.6) is 5.75 Å². The predicted molar refractivity (Wildman–Crippen MR) is 176 cm³/mol. The highest BCUT2D eigenvalue weighted by atomic mass is 16.5. The Kier molecular flexibility index (Phi) is 7.69. The Morgan fingerprint density at radius 2 is 1.52 bits per heavy atom. The maximum atomic E-state index is 14.8. The van der Waals surface area contributed by atoms with E-state index in [-0.39, 0.29) is 30.9 Å². The third-order valence-corrected chi connectivity index (χ3v) is 9.87. The van der Waals surface area contributed by atoms with E-state index in [0.29, 0.717) is 44.0 Å². The number of amides is 3. The number of likely N-dealkylation sites (tertiary alicyclic amines) is 1. The highest BCUT2D eigenvalue weighted by molar-refractivity contribution is 6.08. The maximum Gasteiger partial charge on any atom is 0.253 e. The maximum absolute atomic E-state index is 14.8. The van der Waals surface area contributed by atoms with Crippen molar-refractivity contribution in [1.82, 2.24) is 4.90 Å². The van der Waals surface area contributed by atoms with E-state index in [1.807, 2.05) is 105 Å². The summed E-state index contributed by atoms with van der Waals surface area (Å²) in [5, 5.41) is 11.6. The third-order valence-electron chi connectivity index (χ3n) is 9.87. The topological polar surface area (TPSA) is 99.6 Å². The first-order valence-corrected chi connectivity index (χ1v) is 16.1. The first kappa shape index (κ1) is 30.2. The molecule has 1 unspecified atom stereocenters. The van der Waals surface area contributed by atoms with Crippen molar-refractivity contribution >= 4 is 39.9 Å². The molecular formula is C37H39N3O6. The van der Waals surface area contributed by atoms with Crippen molar-refractivity contribution in [3.8, 4) is 5.75 Å². The lowest BCUT2D eigenvalue weighted by atomic mass is 9.74. The summed E-state index contributed by atoms with van der Waals surface area (Å²) in [5.41, 5.74) is -1.04. The van der Waals surface area contributed by atoms with Crippen molar-refractivity contribution in [3.05, 3.63) is 91.0 Å². The lowest BCUT2D eigenvalue weighted by Gasteiger charge is -2.37. The second-order valence-electron chi connectivity index (χ2n) is 12.6. The number of benzene rings is 3. The minimum Gasteiger partial charge on any atom is -0.494 e. The molecule has 0 radical (unpaired) electrons. The van der Waals surface area contributed by atoms with Crippen molar-refractivity contribution in [2.75, 3.05) is 42.6 Å². The number of carbonyl (C=O) groups is 3.